The van der Waals surface area contributed by atoms with Crippen molar-refractivity contribution in [3.63, 3.8) is 0 Å². The van der Waals surface area contributed by atoms with Crippen molar-refractivity contribution in [2.45, 2.75) is 19.4 Å². The van der Waals surface area contributed by atoms with Gasteiger partial charge in [-0.25, -0.2) is 9.79 Å². The fourth-order valence-electron chi connectivity index (χ4n) is 2.10. The minimum Gasteiger partial charge on any atom is -0.364 e. The topological polar surface area (TPSA) is 70.5 Å². The number of hydrogen-bond acceptors (Lipinski definition) is 4. The summed E-state index contributed by atoms with van der Waals surface area (Å²) in [5.74, 6) is 1.16. The number of likely N-dealkylation sites (N-methyl/N-ethyl adjacent to an activating group) is 1. The lowest BCUT2D eigenvalue weighted by Crippen LogP contribution is -2.46. The molecule has 0 saturated heterocycles. The van der Waals surface area contributed by atoms with Crippen LogP contribution in [-0.4, -0.2) is 34.4 Å². The van der Waals surface area contributed by atoms with Crippen LogP contribution in [0.15, 0.2) is 20.6 Å². The SMILES string of the molecule is CN(C)C1=Nc2cc(=O)[nH]c(=O)n2C1(C)C. The van der Waals surface area contributed by atoms with Crippen molar-refractivity contribution >= 4 is 11.7 Å². The van der Waals surface area contributed by atoms with Crippen LogP contribution in [0.1, 0.15) is 13.8 Å². The second-order valence-electron chi connectivity index (χ2n) is 4.52. The van der Waals surface area contributed by atoms with Gasteiger partial charge in [-0.1, -0.05) is 0 Å². The Morgan fingerprint density at radius 1 is 1.38 bits per heavy atom. The second-order valence-corrected chi connectivity index (χ2v) is 4.52. The number of amidine groups is 1. The average Bonchev–Trinajstić information content (AvgIpc) is 2.36. The summed E-state index contributed by atoms with van der Waals surface area (Å²) in [6.07, 6.45) is 0. The van der Waals surface area contributed by atoms with Crippen molar-refractivity contribution in [3.05, 3.63) is 26.9 Å². The Balaban J connectivity index is 2.76. The molecule has 6 nitrogen and oxygen atoms in total. The van der Waals surface area contributed by atoms with Gasteiger partial charge in [-0.05, 0) is 13.8 Å². The minimum atomic E-state index is -0.542. The van der Waals surface area contributed by atoms with Crippen LogP contribution >= 0.6 is 0 Å². The number of aliphatic imine (C=N–C) groups is 1. The molecule has 0 unspecified atom stereocenters. The van der Waals surface area contributed by atoms with Gasteiger partial charge in [0.25, 0.3) is 5.56 Å². The monoisotopic (exact) mass is 222 g/mol. The van der Waals surface area contributed by atoms with E-state index in [4.69, 9.17) is 0 Å². The normalized spacial score (nSPS) is 16.9. The number of H-pyrrole nitrogens is 1. The molecule has 1 aliphatic rings. The van der Waals surface area contributed by atoms with Crippen molar-refractivity contribution < 1.29 is 0 Å². The van der Waals surface area contributed by atoms with Crippen molar-refractivity contribution in [2.75, 3.05) is 14.1 Å². The maximum Gasteiger partial charge on any atom is 0.330 e. The van der Waals surface area contributed by atoms with Crippen molar-refractivity contribution in [2.24, 2.45) is 4.99 Å². The summed E-state index contributed by atoms with van der Waals surface area (Å²) < 4.78 is 1.49. The molecule has 0 amide bonds. The largest absolute Gasteiger partial charge is 0.364 e. The Morgan fingerprint density at radius 3 is 2.56 bits per heavy atom. The predicted octanol–water partition coefficient (Wildman–Crippen LogP) is -0.123. The highest BCUT2D eigenvalue weighted by Gasteiger charge is 2.37. The Bertz CT molecular complexity index is 577. The lowest BCUT2D eigenvalue weighted by atomic mass is 10.0. The number of nitrogens with zero attached hydrogens (tertiary/aromatic N) is 3. The van der Waals surface area contributed by atoms with E-state index in [2.05, 4.69) is 9.98 Å². The zero-order valence-electron chi connectivity index (χ0n) is 9.74. The van der Waals surface area contributed by atoms with E-state index >= 15 is 0 Å². The summed E-state index contributed by atoms with van der Waals surface area (Å²) in [5.41, 5.74) is -1.39. The molecule has 6 heteroatoms. The third-order valence-electron chi connectivity index (χ3n) is 2.67. The van der Waals surface area contributed by atoms with Gasteiger partial charge in [0.1, 0.15) is 17.2 Å². The van der Waals surface area contributed by atoms with Crippen molar-refractivity contribution in [3.8, 4) is 0 Å². The molecule has 0 spiro atoms. The van der Waals surface area contributed by atoms with E-state index in [9.17, 15) is 9.59 Å². The van der Waals surface area contributed by atoms with E-state index < -0.39 is 16.8 Å². The van der Waals surface area contributed by atoms with E-state index in [0.29, 0.717) is 5.82 Å². The maximum absolute atomic E-state index is 11.7. The van der Waals surface area contributed by atoms with Crippen LogP contribution in [0.25, 0.3) is 0 Å². The van der Waals surface area contributed by atoms with Gasteiger partial charge in [0.2, 0.25) is 0 Å². The molecular weight excluding hydrogens is 208 g/mol. The highest BCUT2D eigenvalue weighted by atomic mass is 16.2. The van der Waals surface area contributed by atoms with Gasteiger partial charge in [-0.3, -0.25) is 14.3 Å². The molecule has 0 aliphatic carbocycles. The standard InChI is InChI=1S/C10H14N4O2/c1-10(2)8(13(3)4)11-6-5-7(15)12-9(16)14(6)10/h5H,1-4H3,(H,12,15,16). The van der Waals surface area contributed by atoms with E-state index in [0.717, 1.165) is 5.84 Å². The zero-order valence-corrected chi connectivity index (χ0v) is 9.74. The van der Waals surface area contributed by atoms with Gasteiger partial charge < -0.3 is 4.90 Å². The van der Waals surface area contributed by atoms with Crippen LogP contribution in [-0.2, 0) is 5.54 Å². The molecule has 0 atom stereocenters. The maximum atomic E-state index is 11.7. The molecule has 0 saturated carbocycles. The fraction of sp³-hybridized carbons (Fsp3) is 0.500. The highest BCUT2D eigenvalue weighted by Crippen LogP contribution is 2.29. The molecule has 86 valence electrons. The Hall–Kier alpha value is -1.85. The summed E-state index contributed by atoms with van der Waals surface area (Å²) in [5, 5.41) is 0. The lowest BCUT2D eigenvalue weighted by molar-refractivity contribution is 0.435. The molecule has 16 heavy (non-hydrogen) atoms. The van der Waals surface area contributed by atoms with E-state index in [1.54, 1.807) is 0 Å². The molecule has 0 bridgehead atoms. The number of aromatic amines is 1. The number of hydrogen-bond donors (Lipinski definition) is 1. The summed E-state index contributed by atoms with van der Waals surface area (Å²) in [4.78, 5) is 31.3. The Morgan fingerprint density at radius 2 is 2.00 bits per heavy atom. The smallest absolute Gasteiger partial charge is 0.330 e. The second kappa shape index (κ2) is 3.07. The summed E-state index contributed by atoms with van der Waals surface area (Å²) >= 11 is 0. The molecule has 1 aliphatic heterocycles. The Kier molecular flexibility index (Phi) is 2.04. The van der Waals surface area contributed by atoms with Gasteiger partial charge in [0.05, 0.1) is 0 Å². The first-order valence-electron chi connectivity index (χ1n) is 4.97. The summed E-state index contributed by atoms with van der Waals surface area (Å²) in [6.45, 7) is 3.78. The Labute approximate surface area is 92.2 Å². The number of rotatable bonds is 0. The number of aromatic nitrogens is 2. The third kappa shape index (κ3) is 1.30. The molecule has 1 N–H and O–H groups in total. The van der Waals surface area contributed by atoms with Crippen LogP contribution in [0.5, 0.6) is 0 Å². The fourth-order valence-corrected chi connectivity index (χ4v) is 2.10. The number of nitrogens with one attached hydrogen (secondary N) is 1. The van der Waals surface area contributed by atoms with Gasteiger partial charge in [-0.15, -0.1) is 0 Å². The van der Waals surface area contributed by atoms with Crippen LogP contribution < -0.4 is 11.2 Å². The first-order valence-corrected chi connectivity index (χ1v) is 4.97. The summed E-state index contributed by atoms with van der Waals surface area (Å²) in [7, 11) is 3.72. The minimum absolute atomic E-state index is 0.405. The van der Waals surface area contributed by atoms with E-state index in [-0.39, 0.29) is 0 Å². The number of fused-ring (bicyclic) bond motifs is 1. The van der Waals surface area contributed by atoms with Crippen LogP contribution in [0.2, 0.25) is 0 Å². The average molecular weight is 222 g/mol. The van der Waals surface area contributed by atoms with Gasteiger partial charge >= 0.3 is 5.69 Å². The lowest BCUT2D eigenvalue weighted by Gasteiger charge is -2.27. The molecule has 0 aromatic carbocycles. The molecular formula is C10H14N4O2. The predicted molar refractivity (Wildman–Crippen MR) is 61.4 cm³/mol. The van der Waals surface area contributed by atoms with Gasteiger partial charge in [0.15, 0.2) is 0 Å². The van der Waals surface area contributed by atoms with E-state index in [1.165, 1.54) is 10.6 Å². The first kappa shape index (κ1) is 10.7. The van der Waals surface area contributed by atoms with Gasteiger partial charge in [0, 0.05) is 20.2 Å². The molecule has 2 heterocycles. The molecule has 0 radical (unpaired) electrons. The molecule has 2 rings (SSSR count). The van der Waals surface area contributed by atoms with Gasteiger partial charge in [-0.2, -0.15) is 0 Å². The quantitative estimate of drug-likeness (QED) is 0.665. The van der Waals surface area contributed by atoms with Crippen molar-refractivity contribution in [1.29, 1.82) is 0 Å². The highest BCUT2D eigenvalue weighted by molar-refractivity contribution is 5.93. The van der Waals surface area contributed by atoms with Crippen LogP contribution in [0.4, 0.5) is 5.82 Å². The van der Waals surface area contributed by atoms with E-state index in [1.807, 2.05) is 32.8 Å². The molecule has 1 aromatic heterocycles. The molecule has 0 fully saturated rings. The van der Waals surface area contributed by atoms with Crippen molar-refractivity contribution in [1.82, 2.24) is 14.5 Å². The summed E-state index contributed by atoms with van der Waals surface area (Å²) in [6, 6.07) is 1.33. The third-order valence-corrected chi connectivity index (χ3v) is 2.67. The first-order chi connectivity index (χ1) is 7.34. The zero-order chi connectivity index (χ0) is 12.1. The van der Waals surface area contributed by atoms with Crippen LogP contribution in [0, 0.1) is 0 Å². The van der Waals surface area contributed by atoms with Crippen LogP contribution in [0.3, 0.4) is 0 Å². The molecule has 1 aromatic rings.